The minimum atomic E-state index is -0.907. The molecule has 15 heteroatoms. The number of hydrogen-bond acceptors (Lipinski definition) is 13. The van der Waals surface area contributed by atoms with Crippen LogP contribution in [0.3, 0.4) is 0 Å². The fraction of sp³-hybridized carbons (Fsp3) is 0.472. The van der Waals surface area contributed by atoms with Crippen LogP contribution in [0.25, 0.3) is 0 Å². The van der Waals surface area contributed by atoms with Crippen molar-refractivity contribution in [3.63, 3.8) is 0 Å². The average molecular weight is 735 g/mol. The van der Waals surface area contributed by atoms with Gasteiger partial charge in [0.25, 0.3) is 0 Å². The molecule has 280 valence electrons. The van der Waals surface area contributed by atoms with E-state index in [1.165, 1.54) is 0 Å². The largest absolute Gasteiger partial charge is 0.491 e. The number of rotatable bonds is 22. The van der Waals surface area contributed by atoms with Gasteiger partial charge in [0.15, 0.2) is 0 Å². The number of hydrogen-bond donors (Lipinski definition) is 6. The third kappa shape index (κ3) is 16.8. The lowest BCUT2D eigenvalue weighted by atomic mass is 9.89. The van der Waals surface area contributed by atoms with Crippen LogP contribution in [0, 0.1) is 11.8 Å². The Kier molecular flexibility index (Phi) is 18.6. The smallest absolute Gasteiger partial charge is 0.330 e. The number of nitrogens with one attached hydrogen (secondary N) is 1. The molecule has 0 heterocycles. The SMILES string of the molecule is O=C(CCC/C=C\C[C@@H]1[C@@H](/C=C/[C@@H](O)COc2cccc(Cl)c2)[C@H](O)C[C@@H]1O)NCC(=O)Oc1ccc(CCOC(=O)CCCON(O)O)cc1. The van der Waals surface area contributed by atoms with Crippen molar-refractivity contribution >= 4 is 29.4 Å². The van der Waals surface area contributed by atoms with Crippen molar-refractivity contribution in [3.8, 4) is 11.5 Å². The third-order valence-corrected chi connectivity index (χ3v) is 8.24. The topological polar surface area (TPSA) is 205 Å². The van der Waals surface area contributed by atoms with E-state index < -0.39 is 35.6 Å². The maximum Gasteiger partial charge on any atom is 0.330 e. The zero-order valence-corrected chi connectivity index (χ0v) is 29.0. The molecular formula is C36H47ClN2O12. The molecule has 0 aliphatic heterocycles. The van der Waals surface area contributed by atoms with E-state index in [-0.39, 0.29) is 69.8 Å². The number of unbranched alkanes of at least 4 members (excludes halogenated alkanes) is 1. The molecule has 0 saturated heterocycles. The van der Waals surface area contributed by atoms with E-state index in [1.54, 1.807) is 60.7 Å². The molecule has 5 atom stereocenters. The highest BCUT2D eigenvalue weighted by atomic mass is 35.5. The molecule has 1 fully saturated rings. The van der Waals surface area contributed by atoms with Crippen molar-refractivity contribution in [3.05, 3.63) is 83.4 Å². The van der Waals surface area contributed by atoms with Crippen LogP contribution in [-0.4, -0.2) is 93.6 Å². The summed E-state index contributed by atoms with van der Waals surface area (Å²) in [5, 5.41) is 50.8. The van der Waals surface area contributed by atoms with Gasteiger partial charge in [0.05, 0.1) is 30.8 Å². The van der Waals surface area contributed by atoms with Crippen LogP contribution in [0.15, 0.2) is 72.8 Å². The van der Waals surface area contributed by atoms with Gasteiger partial charge in [0.2, 0.25) is 5.91 Å². The Morgan fingerprint density at radius 3 is 2.49 bits per heavy atom. The Balaban J connectivity index is 1.27. The van der Waals surface area contributed by atoms with E-state index in [4.69, 9.17) is 36.2 Å². The van der Waals surface area contributed by atoms with E-state index in [9.17, 15) is 29.7 Å². The summed E-state index contributed by atoms with van der Waals surface area (Å²) in [6.45, 7) is -0.179. The second-order valence-electron chi connectivity index (χ2n) is 12.0. The molecular weight excluding hydrogens is 688 g/mol. The Labute approximate surface area is 301 Å². The Bertz CT molecular complexity index is 1420. The van der Waals surface area contributed by atoms with Gasteiger partial charge < -0.3 is 34.8 Å². The van der Waals surface area contributed by atoms with E-state index >= 15 is 0 Å². The number of benzene rings is 2. The van der Waals surface area contributed by atoms with E-state index in [0.717, 1.165) is 5.56 Å². The van der Waals surface area contributed by atoms with E-state index in [2.05, 4.69) is 10.2 Å². The van der Waals surface area contributed by atoms with Crippen molar-refractivity contribution in [1.82, 2.24) is 10.7 Å². The molecule has 0 radical (unpaired) electrons. The molecule has 0 unspecified atom stereocenters. The molecule has 1 aliphatic rings. The van der Waals surface area contributed by atoms with Crippen LogP contribution in [-0.2, 0) is 30.4 Å². The van der Waals surface area contributed by atoms with Crippen molar-refractivity contribution in [2.24, 2.45) is 11.8 Å². The third-order valence-electron chi connectivity index (χ3n) is 8.01. The predicted molar refractivity (Wildman–Crippen MR) is 184 cm³/mol. The standard InChI is InChI=1S/C36H47ClN2O12/c37-26-7-5-8-29(21-26)49-24-27(40)14-17-31-30(32(41)22-33(31)42)9-3-1-2-4-10-34(43)38-23-36(45)51-28-15-12-25(13-16-28)18-20-48-35(44)11-6-19-50-39(46)47/h1,3,5,7-8,12-17,21,27,30-33,40-42,46-47H,2,4,6,9-11,18-20,22-24H2,(H,38,43)/b3-1-,17-14+/t27-,30-,31-,32+,33-/m1/s1. The van der Waals surface area contributed by atoms with Gasteiger partial charge in [-0.15, -0.1) is 0 Å². The number of amides is 1. The molecule has 6 N–H and O–H groups in total. The molecule has 2 aromatic carbocycles. The van der Waals surface area contributed by atoms with Crippen molar-refractivity contribution in [2.45, 2.75) is 69.7 Å². The number of carbonyl (C=O) groups is 3. The summed E-state index contributed by atoms with van der Waals surface area (Å²) in [4.78, 5) is 40.4. The van der Waals surface area contributed by atoms with Gasteiger partial charge in [-0.25, -0.2) is 4.79 Å². The summed E-state index contributed by atoms with van der Waals surface area (Å²) in [5.74, 6) is -1.08. The lowest BCUT2D eigenvalue weighted by Crippen LogP contribution is -2.31. The first kappa shape index (κ1) is 41.6. The molecule has 1 aliphatic carbocycles. The summed E-state index contributed by atoms with van der Waals surface area (Å²) < 4.78 is 15.9. The van der Waals surface area contributed by atoms with Crippen LogP contribution >= 0.6 is 11.6 Å². The summed E-state index contributed by atoms with van der Waals surface area (Å²) >= 11 is 5.95. The monoisotopic (exact) mass is 734 g/mol. The number of nitrogens with zero attached hydrogens (tertiary/aromatic N) is 1. The van der Waals surface area contributed by atoms with Crippen molar-refractivity contribution < 1.29 is 59.2 Å². The first-order valence-electron chi connectivity index (χ1n) is 16.8. The maximum atomic E-state index is 12.2. The van der Waals surface area contributed by atoms with Crippen LogP contribution in [0.4, 0.5) is 0 Å². The summed E-state index contributed by atoms with van der Waals surface area (Å²) in [6.07, 6.45) is 7.70. The molecule has 3 rings (SSSR count). The molecule has 0 bridgehead atoms. The zero-order chi connectivity index (χ0) is 37.0. The molecule has 0 spiro atoms. The molecule has 1 saturated carbocycles. The van der Waals surface area contributed by atoms with Gasteiger partial charge in [-0.1, -0.05) is 54.1 Å². The quantitative estimate of drug-likeness (QED) is 0.0336. The Hall–Kier alpha value is -3.86. The van der Waals surface area contributed by atoms with Crippen LogP contribution in [0.1, 0.15) is 50.5 Å². The number of ether oxygens (including phenoxy) is 3. The number of allylic oxidation sites excluding steroid dienone is 2. The predicted octanol–water partition coefficient (Wildman–Crippen LogP) is 3.71. The van der Waals surface area contributed by atoms with Gasteiger partial charge >= 0.3 is 11.9 Å². The lowest BCUT2D eigenvalue weighted by molar-refractivity contribution is -0.492. The fourth-order valence-electron chi connectivity index (χ4n) is 5.38. The summed E-state index contributed by atoms with van der Waals surface area (Å²) in [6, 6.07) is 13.5. The Morgan fingerprint density at radius 2 is 1.75 bits per heavy atom. The van der Waals surface area contributed by atoms with Gasteiger partial charge in [-0.2, -0.15) is 0 Å². The van der Waals surface area contributed by atoms with Crippen LogP contribution in [0.5, 0.6) is 11.5 Å². The van der Waals surface area contributed by atoms with Gasteiger partial charge in [0, 0.05) is 36.6 Å². The highest BCUT2D eigenvalue weighted by Crippen LogP contribution is 2.36. The fourth-order valence-corrected chi connectivity index (χ4v) is 5.56. The normalized spacial score (nSPS) is 19.4. The number of aliphatic hydroxyl groups is 3. The first-order valence-corrected chi connectivity index (χ1v) is 17.2. The van der Waals surface area contributed by atoms with Crippen molar-refractivity contribution in [2.75, 3.05) is 26.4 Å². The zero-order valence-electron chi connectivity index (χ0n) is 28.2. The summed E-state index contributed by atoms with van der Waals surface area (Å²) in [5.41, 5.74) is 0.852. The highest BCUT2D eigenvalue weighted by molar-refractivity contribution is 6.30. The summed E-state index contributed by atoms with van der Waals surface area (Å²) in [7, 11) is 0. The van der Waals surface area contributed by atoms with Gasteiger partial charge in [-0.3, -0.25) is 24.8 Å². The Morgan fingerprint density at radius 1 is 0.961 bits per heavy atom. The number of esters is 2. The van der Waals surface area contributed by atoms with Gasteiger partial charge in [-0.05, 0) is 67.5 Å². The van der Waals surface area contributed by atoms with Crippen molar-refractivity contribution in [1.29, 1.82) is 0 Å². The molecule has 14 nitrogen and oxygen atoms in total. The number of carbonyl (C=O) groups excluding carboxylic acids is 3. The van der Waals surface area contributed by atoms with E-state index in [1.807, 2.05) is 12.2 Å². The molecule has 0 aromatic heterocycles. The minimum Gasteiger partial charge on any atom is -0.491 e. The molecule has 51 heavy (non-hydrogen) atoms. The second kappa shape index (κ2) is 22.9. The van der Waals surface area contributed by atoms with Gasteiger partial charge in [0.1, 0.15) is 30.8 Å². The minimum absolute atomic E-state index is 0.0129. The van der Waals surface area contributed by atoms with Crippen LogP contribution < -0.4 is 14.8 Å². The number of halogens is 1. The second-order valence-corrected chi connectivity index (χ2v) is 12.4. The molecule has 2 aromatic rings. The lowest BCUT2D eigenvalue weighted by Gasteiger charge is -2.19. The molecule has 1 amide bonds. The first-order chi connectivity index (χ1) is 24.5. The maximum absolute atomic E-state index is 12.2. The van der Waals surface area contributed by atoms with Crippen LogP contribution in [0.2, 0.25) is 5.02 Å². The average Bonchev–Trinajstić information content (AvgIpc) is 3.36. The number of aliphatic hydroxyl groups excluding tert-OH is 3. The highest BCUT2D eigenvalue weighted by Gasteiger charge is 2.39. The van der Waals surface area contributed by atoms with E-state index in [0.29, 0.717) is 42.2 Å².